The van der Waals surface area contributed by atoms with Crippen LogP contribution in [0.3, 0.4) is 0 Å². The van der Waals surface area contributed by atoms with Crippen molar-refractivity contribution in [2.24, 2.45) is 5.41 Å². The Hall–Kier alpha value is -1.55. The van der Waals surface area contributed by atoms with Crippen LogP contribution < -0.4 is 0 Å². The molecular weight excluding hydrogens is 278 g/mol. The maximum Gasteiger partial charge on any atom is 0.310 e. The Bertz CT molecular complexity index is 671. The van der Waals surface area contributed by atoms with Gasteiger partial charge in [0.05, 0.1) is 5.41 Å². The van der Waals surface area contributed by atoms with E-state index in [1.807, 2.05) is 13.0 Å². The number of nitrogens with zero attached hydrogens (tertiary/aromatic N) is 1. The van der Waals surface area contributed by atoms with Gasteiger partial charge in [0, 0.05) is 11.4 Å². The fourth-order valence-corrected chi connectivity index (χ4v) is 3.35. The van der Waals surface area contributed by atoms with E-state index >= 15 is 0 Å². The summed E-state index contributed by atoms with van der Waals surface area (Å²) in [5.41, 5.74) is 1.60. The Balaban J connectivity index is 1.98. The van der Waals surface area contributed by atoms with E-state index in [0.717, 1.165) is 18.4 Å². The third kappa shape index (κ3) is 2.18. The third-order valence-electron chi connectivity index (χ3n) is 4.19. The van der Waals surface area contributed by atoms with Crippen molar-refractivity contribution in [3.63, 3.8) is 0 Å². The summed E-state index contributed by atoms with van der Waals surface area (Å²) < 4.78 is 5.76. The second kappa shape index (κ2) is 4.77. The van der Waals surface area contributed by atoms with Crippen LogP contribution in [0.2, 0.25) is 5.02 Å². The summed E-state index contributed by atoms with van der Waals surface area (Å²) in [6.45, 7) is 1.91. The number of carbonyl (C=O) groups is 1. The van der Waals surface area contributed by atoms with Crippen LogP contribution in [0.25, 0.3) is 11.1 Å². The highest BCUT2D eigenvalue weighted by Crippen LogP contribution is 2.41. The summed E-state index contributed by atoms with van der Waals surface area (Å²) in [5.74, 6) is -0.248. The molecule has 0 atom stereocenters. The van der Waals surface area contributed by atoms with Crippen molar-refractivity contribution in [2.45, 2.75) is 39.0 Å². The van der Waals surface area contributed by atoms with Gasteiger partial charge in [0.25, 0.3) is 0 Å². The van der Waals surface area contributed by atoms with Gasteiger partial charge in [0.15, 0.2) is 11.5 Å². The lowest BCUT2D eigenvalue weighted by molar-refractivity contribution is -0.148. The molecule has 0 saturated heterocycles. The number of hydrogen-bond acceptors (Lipinski definition) is 3. The molecule has 0 spiro atoms. The van der Waals surface area contributed by atoms with E-state index in [4.69, 9.17) is 16.0 Å². The highest BCUT2D eigenvalue weighted by molar-refractivity contribution is 6.31. The summed E-state index contributed by atoms with van der Waals surface area (Å²) in [6, 6.07) is 3.57. The lowest BCUT2D eigenvalue weighted by Gasteiger charge is -2.21. The van der Waals surface area contributed by atoms with E-state index in [1.54, 1.807) is 6.07 Å². The molecule has 5 heteroatoms. The highest BCUT2D eigenvalue weighted by atomic mass is 35.5. The van der Waals surface area contributed by atoms with Crippen LogP contribution in [-0.4, -0.2) is 16.1 Å². The average Bonchev–Trinajstić information content (AvgIpc) is 2.97. The van der Waals surface area contributed by atoms with Gasteiger partial charge in [-0.25, -0.2) is 4.98 Å². The van der Waals surface area contributed by atoms with E-state index in [9.17, 15) is 9.90 Å². The first kappa shape index (κ1) is 13.4. The molecule has 1 N–H and O–H groups in total. The molecule has 20 heavy (non-hydrogen) atoms. The van der Waals surface area contributed by atoms with E-state index in [1.165, 1.54) is 0 Å². The monoisotopic (exact) mass is 293 g/mol. The zero-order chi connectivity index (χ0) is 14.3. The molecule has 1 aliphatic rings. The maximum absolute atomic E-state index is 11.6. The number of halogens is 1. The van der Waals surface area contributed by atoms with Gasteiger partial charge in [-0.2, -0.15) is 0 Å². The Kier molecular flexibility index (Phi) is 3.21. The topological polar surface area (TPSA) is 63.3 Å². The van der Waals surface area contributed by atoms with Crippen molar-refractivity contribution in [3.8, 4) is 0 Å². The number of hydrogen-bond donors (Lipinski definition) is 1. The molecule has 2 aromatic rings. The molecule has 0 unspecified atom stereocenters. The first-order valence-electron chi connectivity index (χ1n) is 6.79. The van der Waals surface area contributed by atoms with Crippen LogP contribution in [0, 0.1) is 12.3 Å². The van der Waals surface area contributed by atoms with E-state index in [0.29, 0.717) is 41.3 Å². The molecule has 1 aliphatic carbocycles. The van der Waals surface area contributed by atoms with Crippen molar-refractivity contribution in [2.75, 3.05) is 0 Å². The van der Waals surface area contributed by atoms with Gasteiger partial charge in [-0.3, -0.25) is 4.79 Å². The Morgan fingerprint density at radius 2 is 2.15 bits per heavy atom. The minimum Gasteiger partial charge on any atom is -0.481 e. The van der Waals surface area contributed by atoms with Crippen molar-refractivity contribution < 1.29 is 14.3 Å². The molecule has 1 heterocycles. The molecule has 4 nitrogen and oxygen atoms in total. The standard InChI is InChI=1S/C15H16ClNO3/c1-9-6-10(16)7-11-13(9)20-12(17-11)8-15(14(18)19)4-2-3-5-15/h6-7H,2-5,8H2,1H3,(H,18,19). The molecule has 1 fully saturated rings. The van der Waals surface area contributed by atoms with Crippen LogP contribution in [-0.2, 0) is 11.2 Å². The molecule has 1 aromatic carbocycles. The van der Waals surface area contributed by atoms with Gasteiger partial charge >= 0.3 is 5.97 Å². The summed E-state index contributed by atoms with van der Waals surface area (Å²) >= 11 is 6.01. The quantitative estimate of drug-likeness (QED) is 0.930. The van der Waals surface area contributed by atoms with Gasteiger partial charge in [-0.1, -0.05) is 24.4 Å². The summed E-state index contributed by atoms with van der Waals surface area (Å²) in [6.07, 6.45) is 3.66. The summed E-state index contributed by atoms with van der Waals surface area (Å²) in [5, 5.41) is 10.1. The Labute approximate surface area is 121 Å². The predicted molar refractivity (Wildman–Crippen MR) is 76.0 cm³/mol. The van der Waals surface area contributed by atoms with E-state index < -0.39 is 11.4 Å². The number of aromatic nitrogens is 1. The van der Waals surface area contributed by atoms with Crippen molar-refractivity contribution in [1.29, 1.82) is 0 Å². The largest absolute Gasteiger partial charge is 0.481 e. The number of benzene rings is 1. The van der Waals surface area contributed by atoms with Crippen LogP contribution >= 0.6 is 11.6 Å². The molecule has 1 aromatic heterocycles. The number of rotatable bonds is 3. The predicted octanol–water partition coefficient (Wildman–Crippen LogP) is 3.98. The summed E-state index contributed by atoms with van der Waals surface area (Å²) in [4.78, 5) is 16.0. The number of aliphatic carboxylic acids is 1. The number of fused-ring (bicyclic) bond motifs is 1. The fourth-order valence-electron chi connectivity index (χ4n) is 3.09. The lowest BCUT2D eigenvalue weighted by Crippen LogP contribution is -2.30. The van der Waals surface area contributed by atoms with Crippen molar-refractivity contribution in [1.82, 2.24) is 4.98 Å². The molecule has 0 bridgehead atoms. The zero-order valence-electron chi connectivity index (χ0n) is 11.3. The van der Waals surface area contributed by atoms with Gasteiger partial charge < -0.3 is 9.52 Å². The highest BCUT2D eigenvalue weighted by Gasteiger charge is 2.42. The Morgan fingerprint density at radius 1 is 1.45 bits per heavy atom. The number of carboxylic acids is 1. The molecule has 3 rings (SSSR count). The molecule has 1 saturated carbocycles. The van der Waals surface area contributed by atoms with Crippen LogP contribution in [0.15, 0.2) is 16.5 Å². The van der Waals surface area contributed by atoms with Crippen molar-refractivity contribution >= 4 is 28.7 Å². The SMILES string of the molecule is Cc1cc(Cl)cc2nc(CC3(C(=O)O)CCCC3)oc12. The maximum atomic E-state index is 11.6. The molecule has 106 valence electrons. The first-order chi connectivity index (χ1) is 9.50. The third-order valence-corrected chi connectivity index (χ3v) is 4.41. The smallest absolute Gasteiger partial charge is 0.310 e. The second-order valence-electron chi connectivity index (χ2n) is 5.65. The molecular formula is C15H16ClNO3. The van der Waals surface area contributed by atoms with Crippen molar-refractivity contribution in [3.05, 3.63) is 28.6 Å². The van der Waals surface area contributed by atoms with Gasteiger partial charge in [-0.05, 0) is 37.5 Å². The van der Waals surface area contributed by atoms with Crippen LogP contribution in [0.5, 0.6) is 0 Å². The zero-order valence-corrected chi connectivity index (χ0v) is 12.0. The minimum atomic E-state index is -0.744. The number of carboxylic acid groups (broad SMARTS) is 1. The second-order valence-corrected chi connectivity index (χ2v) is 6.08. The molecule has 0 aliphatic heterocycles. The van der Waals surface area contributed by atoms with Crippen LogP contribution in [0.1, 0.15) is 37.1 Å². The number of aryl methyl sites for hydroxylation is 1. The minimum absolute atomic E-state index is 0.355. The average molecular weight is 294 g/mol. The van der Waals surface area contributed by atoms with E-state index in [-0.39, 0.29) is 0 Å². The van der Waals surface area contributed by atoms with Gasteiger partial charge in [-0.15, -0.1) is 0 Å². The fraction of sp³-hybridized carbons (Fsp3) is 0.467. The number of oxazole rings is 1. The van der Waals surface area contributed by atoms with E-state index in [2.05, 4.69) is 4.98 Å². The van der Waals surface area contributed by atoms with Gasteiger partial charge in [0.1, 0.15) is 5.52 Å². The lowest BCUT2D eigenvalue weighted by atomic mass is 9.83. The van der Waals surface area contributed by atoms with Gasteiger partial charge in [0.2, 0.25) is 0 Å². The Morgan fingerprint density at radius 3 is 2.80 bits per heavy atom. The normalized spacial score (nSPS) is 17.7. The van der Waals surface area contributed by atoms with Crippen LogP contribution in [0.4, 0.5) is 0 Å². The molecule has 0 amide bonds. The molecule has 0 radical (unpaired) electrons. The summed E-state index contributed by atoms with van der Waals surface area (Å²) in [7, 11) is 0. The first-order valence-corrected chi connectivity index (χ1v) is 7.17.